The van der Waals surface area contributed by atoms with Crippen molar-refractivity contribution in [2.75, 3.05) is 19.8 Å². The van der Waals surface area contributed by atoms with Crippen LogP contribution in [0.25, 0.3) is 0 Å². The van der Waals surface area contributed by atoms with E-state index in [0.29, 0.717) is 5.56 Å². The number of carbonyl (C=O) groups excluding carboxylic acids is 3. The molecule has 0 spiro atoms. The van der Waals surface area contributed by atoms with Crippen LogP contribution in [0.5, 0.6) is 0 Å². The standard InChI is InChI=1S/C16H20N4O5/c21-14-7-6-13(18-15(22)11-4-2-1-3-5-11)20(25)9-12(16(23)24)8-17-10-19(14)20/h1-5,12-13,17H,6-10H2,(H,18,22)(H,23,24)/p-1. The lowest BCUT2D eigenvalue weighted by Gasteiger charge is -2.55. The van der Waals surface area contributed by atoms with Crippen molar-refractivity contribution >= 4 is 17.8 Å². The third-order valence-corrected chi connectivity index (χ3v) is 4.62. The molecule has 0 bridgehead atoms. The second kappa shape index (κ2) is 6.79. The average molecular weight is 347 g/mol. The van der Waals surface area contributed by atoms with Gasteiger partial charge in [0, 0.05) is 24.9 Å². The molecule has 2 aliphatic heterocycles. The zero-order valence-electron chi connectivity index (χ0n) is 13.5. The number of hydrogen-bond donors (Lipinski definition) is 2. The fraction of sp³-hybridized carbons (Fsp3) is 0.438. The van der Waals surface area contributed by atoms with E-state index >= 15 is 0 Å². The summed E-state index contributed by atoms with van der Waals surface area (Å²) in [6.07, 6.45) is -0.677. The van der Waals surface area contributed by atoms with Crippen LogP contribution in [-0.4, -0.2) is 53.5 Å². The van der Waals surface area contributed by atoms with Crippen molar-refractivity contribution in [3.8, 4) is 0 Å². The van der Waals surface area contributed by atoms with E-state index < -0.39 is 28.7 Å². The molecule has 3 atom stereocenters. The molecule has 134 valence electrons. The molecule has 0 aliphatic carbocycles. The number of rotatable bonds is 3. The number of fused-ring (bicyclic) bond motifs is 1. The van der Waals surface area contributed by atoms with Crippen LogP contribution in [0.2, 0.25) is 0 Å². The lowest BCUT2D eigenvalue weighted by atomic mass is 10.1. The van der Waals surface area contributed by atoms with Gasteiger partial charge >= 0.3 is 0 Å². The minimum Gasteiger partial charge on any atom is -0.604 e. The van der Waals surface area contributed by atoms with E-state index in [0.717, 1.165) is 5.01 Å². The van der Waals surface area contributed by atoms with E-state index in [4.69, 9.17) is 0 Å². The summed E-state index contributed by atoms with van der Waals surface area (Å²) in [5.41, 5.74) is 0.391. The number of nitrogens with zero attached hydrogens (tertiary/aromatic N) is 2. The fourth-order valence-corrected chi connectivity index (χ4v) is 3.26. The zero-order valence-corrected chi connectivity index (χ0v) is 13.5. The Hall–Kier alpha value is -2.49. The van der Waals surface area contributed by atoms with Gasteiger partial charge in [0.1, 0.15) is 13.2 Å². The van der Waals surface area contributed by atoms with E-state index in [-0.39, 0.29) is 38.5 Å². The second-order valence-corrected chi connectivity index (χ2v) is 6.25. The zero-order chi connectivity index (χ0) is 18.0. The first-order valence-corrected chi connectivity index (χ1v) is 8.09. The summed E-state index contributed by atoms with van der Waals surface area (Å²) in [5.74, 6) is -3.21. The van der Waals surface area contributed by atoms with Crippen LogP contribution in [0.1, 0.15) is 23.2 Å². The SMILES string of the molecule is O=C(NC1CCC(=O)N2CNCC(C(=O)[O-])C[N+]12[O-])c1ccccc1. The molecule has 9 heteroatoms. The molecule has 2 fully saturated rings. The molecule has 9 nitrogen and oxygen atoms in total. The third-order valence-electron chi connectivity index (χ3n) is 4.62. The molecular weight excluding hydrogens is 328 g/mol. The van der Waals surface area contributed by atoms with Crippen LogP contribution >= 0.6 is 0 Å². The Kier molecular flexibility index (Phi) is 4.71. The largest absolute Gasteiger partial charge is 0.604 e. The number of hydroxylamine groups is 2. The van der Waals surface area contributed by atoms with Gasteiger partial charge in [0.25, 0.3) is 11.8 Å². The molecule has 3 unspecified atom stereocenters. The lowest BCUT2D eigenvalue weighted by Crippen LogP contribution is -2.72. The number of nitrogens with one attached hydrogen (secondary N) is 2. The van der Waals surface area contributed by atoms with Crippen molar-refractivity contribution < 1.29 is 24.2 Å². The van der Waals surface area contributed by atoms with E-state index in [9.17, 15) is 24.7 Å². The molecule has 2 amide bonds. The first-order valence-electron chi connectivity index (χ1n) is 8.09. The van der Waals surface area contributed by atoms with Gasteiger partial charge in [-0.15, -0.1) is 0 Å². The quantitative estimate of drug-likeness (QED) is 0.508. The highest BCUT2D eigenvalue weighted by molar-refractivity contribution is 5.94. The summed E-state index contributed by atoms with van der Waals surface area (Å²) in [7, 11) is 0. The van der Waals surface area contributed by atoms with Crippen LogP contribution in [-0.2, 0) is 9.59 Å². The molecule has 1 aromatic rings. The van der Waals surface area contributed by atoms with Crippen molar-refractivity contribution in [3.63, 3.8) is 0 Å². The number of carboxylic acid groups (broad SMARTS) is 1. The highest BCUT2D eigenvalue weighted by Gasteiger charge is 2.46. The highest BCUT2D eigenvalue weighted by Crippen LogP contribution is 2.29. The van der Waals surface area contributed by atoms with Crippen LogP contribution < -0.4 is 15.7 Å². The van der Waals surface area contributed by atoms with E-state index in [2.05, 4.69) is 10.6 Å². The van der Waals surface area contributed by atoms with Gasteiger partial charge in [-0.05, 0) is 12.1 Å². The summed E-state index contributed by atoms with van der Waals surface area (Å²) in [6.45, 7) is -0.404. The van der Waals surface area contributed by atoms with Crippen molar-refractivity contribution in [1.82, 2.24) is 15.6 Å². The topological polar surface area (TPSA) is 125 Å². The number of quaternary nitrogens is 1. The van der Waals surface area contributed by atoms with Crippen LogP contribution in [0.3, 0.4) is 0 Å². The summed E-state index contributed by atoms with van der Waals surface area (Å²) in [5, 5.41) is 31.2. The number of hydrogen-bond acceptors (Lipinski definition) is 6. The maximum absolute atomic E-state index is 13.4. The van der Waals surface area contributed by atoms with Crippen LogP contribution in [0.4, 0.5) is 0 Å². The molecule has 1 aromatic carbocycles. The fourth-order valence-electron chi connectivity index (χ4n) is 3.26. The Morgan fingerprint density at radius 3 is 2.68 bits per heavy atom. The Bertz CT molecular complexity index is 682. The van der Waals surface area contributed by atoms with Crippen molar-refractivity contribution in [2.24, 2.45) is 5.92 Å². The minimum absolute atomic E-state index is 0.0354. The molecular formula is C16H19N4O5-. The van der Waals surface area contributed by atoms with E-state index in [1.165, 1.54) is 0 Å². The molecule has 3 rings (SSSR count). The van der Waals surface area contributed by atoms with Gasteiger partial charge in [-0.2, -0.15) is 5.01 Å². The monoisotopic (exact) mass is 347 g/mol. The van der Waals surface area contributed by atoms with Crippen LogP contribution in [0, 0.1) is 11.1 Å². The smallest absolute Gasteiger partial charge is 0.269 e. The predicted octanol–water partition coefficient (Wildman–Crippen LogP) is -1.48. The summed E-state index contributed by atoms with van der Waals surface area (Å²) in [4.78, 5) is 35.8. The van der Waals surface area contributed by atoms with Crippen molar-refractivity contribution in [1.29, 1.82) is 0 Å². The Labute approximate surface area is 144 Å². The van der Waals surface area contributed by atoms with Gasteiger partial charge in [-0.25, -0.2) is 4.76 Å². The number of aliphatic carboxylic acids is 1. The van der Waals surface area contributed by atoms with Crippen LogP contribution in [0.15, 0.2) is 30.3 Å². The molecule has 2 N–H and O–H groups in total. The van der Waals surface area contributed by atoms with E-state index in [1.807, 2.05) is 0 Å². The molecule has 2 saturated heterocycles. The van der Waals surface area contributed by atoms with Crippen molar-refractivity contribution in [3.05, 3.63) is 41.1 Å². The highest BCUT2D eigenvalue weighted by atomic mass is 16.6. The molecule has 2 heterocycles. The van der Waals surface area contributed by atoms with E-state index in [1.54, 1.807) is 30.3 Å². The summed E-state index contributed by atoms with van der Waals surface area (Å²) in [6, 6.07) is 8.41. The van der Waals surface area contributed by atoms with Crippen molar-refractivity contribution in [2.45, 2.75) is 19.0 Å². The predicted molar refractivity (Wildman–Crippen MR) is 83.6 cm³/mol. The number of amides is 2. The number of benzene rings is 1. The summed E-state index contributed by atoms with van der Waals surface area (Å²) >= 11 is 0. The van der Waals surface area contributed by atoms with Gasteiger partial charge in [-0.3, -0.25) is 14.9 Å². The maximum Gasteiger partial charge on any atom is 0.269 e. The average Bonchev–Trinajstić information content (AvgIpc) is 2.78. The van der Waals surface area contributed by atoms with Gasteiger partial charge < -0.3 is 20.4 Å². The molecule has 2 aliphatic rings. The third kappa shape index (κ3) is 3.34. The number of carboxylic acids is 1. The maximum atomic E-state index is 13.4. The second-order valence-electron chi connectivity index (χ2n) is 6.25. The Morgan fingerprint density at radius 2 is 2.00 bits per heavy atom. The first kappa shape index (κ1) is 17.3. The molecule has 0 radical (unpaired) electrons. The Morgan fingerprint density at radius 1 is 1.28 bits per heavy atom. The number of carbonyl (C=O) groups is 3. The van der Waals surface area contributed by atoms with Gasteiger partial charge in [0.05, 0.1) is 11.9 Å². The lowest BCUT2D eigenvalue weighted by molar-refractivity contribution is -1.01. The van der Waals surface area contributed by atoms with Gasteiger partial charge in [0.15, 0.2) is 6.17 Å². The van der Waals surface area contributed by atoms with Gasteiger partial charge in [-0.1, -0.05) is 18.2 Å². The minimum atomic E-state index is -1.35. The first-order chi connectivity index (χ1) is 11.9. The normalized spacial score (nSPS) is 29.5. The Balaban J connectivity index is 1.86. The summed E-state index contributed by atoms with van der Waals surface area (Å²) < 4.78 is -1.22. The molecule has 0 aromatic heterocycles. The molecule has 0 saturated carbocycles. The van der Waals surface area contributed by atoms with Gasteiger partial charge in [0.2, 0.25) is 0 Å². The molecule has 25 heavy (non-hydrogen) atoms.